The third-order valence-electron chi connectivity index (χ3n) is 8.63. The fraction of sp³-hybridized carbons (Fsp3) is 0.333. The van der Waals surface area contributed by atoms with Gasteiger partial charge in [0.1, 0.15) is 0 Å². The summed E-state index contributed by atoms with van der Waals surface area (Å²) in [6.07, 6.45) is 4.75. The zero-order chi connectivity index (χ0) is 39.2. The van der Waals surface area contributed by atoms with Crippen LogP contribution in [0.3, 0.4) is 0 Å². The standard InChI is InChI=1S/C35H42N4O7.C4H4O4/c1-41-30-15-25(16-31(42-2)34(30)45-5)28-13-23(7-9-36-28)19-38-11-12-39(27(21-38)22-40)20-24-8-10-37-29(14-24)26-17-32(43-3)35(46-6)33(18-26)44-4;5-3(6)1-2-4(7)8/h7-10,13-18,27,40H,11-12,19-22H2,1-6H3;1-2H,(H,5,6)(H,7,8)/b;2-1-. The van der Waals surface area contributed by atoms with Crippen LogP contribution >= 0.6 is 0 Å². The molecule has 1 aliphatic heterocycles. The van der Waals surface area contributed by atoms with Crippen molar-refractivity contribution in [3.63, 3.8) is 0 Å². The highest BCUT2D eigenvalue weighted by Crippen LogP contribution is 2.42. The molecule has 54 heavy (non-hydrogen) atoms. The fourth-order valence-electron chi connectivity index (χ4n) is 6.04. The van der Waals surface area contributed by atoms with Crippen LogP contribution in [-0.2, 0) is 22.7 Å². The molecule has 15 heteroatoms. The molecule has 4 aromatic rings. The highest BCUT2D eigenvalue weighted by molar-refractivity contribution is 5.89. The number of hydrogen-bond donors (Lipinski definition) is 3. The zero-order valence-electron chi connectivity index (χ0n) is 31.1. The Morgan fingerprint density at radius 2 is 1.09 bits per heavy atom. The molecule has 0 bridgehead atoms. The van der Waals surface area contributed by atoms with Gasteiger partial charge in [0.2, 0.25) is 11.5 Å². The van der Waals surface area contributed by atoms with Crippen molar-refractivity contribution in [1.29, 1.82) is 0 Å². The van der Waals surface area contributed by atoms with E-state index in [0.717, 1.165) is 59.8 Å². The van der Waals surface area contributed by atoms with Gasteiger partial charge in [0.05, 0.1) is 60.7 Å². The van der Waals surface area contributed by atoms with Gasteiger partial charge < -0.3 is 43.7 Å². The Bertz CT molecular complexity index is 1850. The Hall–Kier alpha value is -5.90. The van der Waals surface area contributed by atoms with Crippen molar-refractivity contribution in [1.82, 2.24) is 19.8 Å². The molecule has 0 aliphatic carbocycles. The minimum atomic E-state index is -1.26. The van der Waals surface area contributed by atoms with Crippen LogP contribution in [0.1, 0.15) is 11.1 Å². The topological polar surface area (TPSA) is 182 Å². The SMILES string of the molecule is COc1cc(-c2cc(CN3CCN(Cc4ccnc(-c5cc(OC)c(OC)c(OC)c5)c4)C(CO)C3)ccn2)cc(OC)c1OC.O=C(O)/C=C\C(=O)O. The summed E-state index contributed by atoms with van der Waals surface area (Å²) in [5.74, 6) is 0.876. The second kappa shape index (κ2) is 19.8. The Kier molecular flexibility index (Phi) is 15.0. The summed E-state index contributed by atoms with van der Waals surface area (Å²) in [4.78, 5) is 33.0. The van der Waals surface area contributed by atoms with Crippen molar-refractivity contribution in [3.8, 4) is 57.0 Å². The van der Waals surface area contributed by atoms with Crippen LogP contribution in [-0.4, -0.2) is 122 Å². The van der Waals surface area contributed by atoms with Gasteiger partial charge in [0.25, 0.3) is 0 Å². The summed E-state index contributed by atoms with van der Waals surface area (Å²) in [5, 5.41) is 26.0. The van der Waals surface area contributed by atoms with Crippen molar-refractivity contribution < 1.29 is 53.3 Å². The van der Waals surface area contributed by atoms with Gasteiger partial charge in [-0.05, 0) is 59.7 Å². The van der Waals surface area contributed by atoms with Crippen LogP contribution in [0.5, 0.6) is 34.5 Å². The van der Waals surface area contributed by atoms with Crippen LogP contribution in [0.25, 0.3) is 22.5 Å². The maximum Gasteiger partial charge on any atom is 0.328 e. The van der Waals surface area contributed by atoms with Crippen LogP contribution < -0.4 is 28.4 Å². The second-order valence-electron chi connectivity index (χ2n) is 12.0. The van der Waals surface area contributed by atoms with Gasteiger partial charge in [0, 0.05) is 74.4 Å². The molecule has 1 atom stereocenters. The van der Waals surface area contributed by atoms with E-state index in [4.69, 9.17) is 38.6 Å². The number of methoxy groups -OCH3 is 6. The third-order valence-corrected chi connectivity index (χ3v) is 8.63. The highest BCUT2D eigenvalue weighted by atomic mass is 16.5. The van der Waals surface area contributed by atoms with Crippen molar-refractivity contribution in [3.05, 3.63) is 84.2 Å². The molecular formula is C39H46N4O11. The predicted molar refractivity (Wildman–Crippen MR) is 200 cm³/mol. The molecule has 3 N–H and O–H groups in total. The van der Waals surface area contributed by atoms with Crippen molar-refractivity contribution >= 4 is 11.9 Å². The Labute approximate surface area is 313 Å². The smallest absolute Gasteiger partial charge is 0.328 e. The zero-order valence-corrected chi connectivity index (χ0v) is 31.1. The number of carboxylic acids is 2. The lowest BCUT2D eigenvalue weighted by atomic mass is 10.1. The average molecular weight is 747 g/mol. The number of aromatic nitrogens is 2. The molecule has 1 aliphatic rings. The molecule has 2 aromatic heterocycles. The van der Waals surface area contributed by atoms with Crippen LogP contribution in [0.4, 0.5) is 0 Å². The first kappa shape index (κ1) is 40.9. The molecule has 0 spiro atoms. The quantitative estimate of drug-likeness (QED) is 0.147. The number of nitrogens with zero attached hydrogens (tertiary/aromatic N) is 4. The molecule has 3 heterocycles. The number of rotatable bonds is 15. The normalized spacial score (nSPS) is 14.5. The lowest BCUT2D eigenvalue weighted by Crippen LogP contribution is -2.53. The van der Waals surface area contributed by atoms with E-state index in [9.17, 15) is 14.7 Å². The second-order valence-corrected chi connectivity index (χ2v) is 12.0. The van der Waals surface area contributed by atoms with Crippen molar-refractivity contribution in [2.45, 2.75) is 19.1 Å². The molecule has 2 aromatic carbocycles. The molecule has 5 rings (SSSR count). The summed E-state index contributed by atoms with van der Waals surface area (Å²) in [6, 6.07) is 15.8. The Morgan fingerprint density at radius 1 is 0.667 bits per heavy atom. The van der Waals surface area contributed by atoms with Gasteiger partial charge in [-0.25, -0.2) is 9.59 Å². The van der Waals surface area contributed by atoms with Crippen LogP contribution in [0.15, 0.2) is 73.1 Å². The van der Waals surface area contributed by atoms with Crippen LogP contribution in [0, 0.1) is 0 Å². The molecular weight excluding hydrogens is 700 g/mol. The lowest BCUT2D eigenvalue weighted by Gasteiger charge is -2.40. The summed E-state index contributed by atoms with van der Waals surface area (Å²) in [7, 11) is 9.58. The molecule has 1 unspecified atom stereocenters. The number of pyridine rings is 2. The number of ether oxygens (including phenoxy) is 6. The maximum atomic E-state index is 10.4. The summed E-state index contributed by atoms with van der Waals surface area (Å²) in [6.45, 7) is 3.92. The predicted octanol–water partition coefficient (Wildman–Crippen LogP) is 4.25. The lowest BCUT2D eigenvalue weighted by molar-refractivity contribution is -0.134. The van der Waals surface area contributed by atoms with Gasteiger partial charge in [0.15, 0.2) is 23.0 Å². The monoisotopic (exact) mass is 746 g/mol. The molecule has 0 saturated carbocycles. The first-order valence-electron chi connectivity index (χ1n) is 16.8. The summed E-state index contributed by atoms with van der Waals surface area (Å²) >= 11 is 0. The molecule has 1 fully saturated rings. The first-order chi connectivity index (χ1) is 26.1. The molecule has 15 nitrogen and oxygen atoms in total. The maximum absolute atomic E-state index is 10.4. The van der Waals surface area contributed by atoms with E-state index < -0.39 is 11.9 Å². The Balaban J connectivity index is 0.000000730. The van der Waals surface area contributed by atoms with E-state index in [1.807, 2.05) is 48.8 Å². The van der Waals surface area contributed by atoms with E-state index in [-0.39, 0.29) is 12.6 Å². The number of benzene rings is 2. The van der Waals surface area contributed by atoms with Gasteiger partial charge in [-0.2, -0.15) is 0 Å². The molecule has 1 saturated heterocycles. The van der Waals surface area contributed by atoms with Crippen molar-refractivity contribution in [2.75, 3.05) is 68.9 Å². The Morgan fingerprint density at radius 3 is 1.46 bits per heavy atom. The van der Waals surface area contributed by atoms with E-state index >= 15 is 0 Å². The minimum Gasteiger partial charge on any atom is -0.493 e. The van der Waals surface area contributed by atoms with Gasteiger partial charge in [-0.1, -0.05) is 0 Å². The van der Waals surface area contributed by atoms with E-state index in [0.29, 0.717) is 53.2 Å². The van der Waals surface area contributed by atoms with Gasteiger partial charge in [-0.3, -0.25) is 19.8 Å². The van der Waals surface area contributed by atoms with E-state index in [2.05, 4.69) is 31.9 Å². The summed E-state index contributed by atoms with van der Waals surface area (Å²) < 4.78 is 33.1. The first-order valence-corrected chi connectivity index (χ1v) is 16.8. The van der Waals surface area contributed by atoms with E-state index in [1.54, 1.807) is 42.7 Å². The van der Waals surface area contributed by atoms with Gasteiger partial charge in [-0.15, -0.1) is 0 Å². The molecule has 288 valence electrons. The fourth-order valence-corrected chi connectivity index (χ4v) is 6.04. The number of aliphatic hydroxyl groups excluding tert-OH is 1. The van der Waals surface area contributed by atoms with Gasteiger partial charge >= 0.3 is 11.9 Å². The molecule has 0 radical (unpaired) electrons. The van der Waals surface area contributed by atoms with Crippen LogP contribution in [0.2, 0.25) is 0 Å². The minimum absolute atomic E-state index is 0.0112. The number of hydrogen-bond acceptors (Lipinski definition) is 13. The van der Waals surface area contributed by atoms with E-state index in [1.165, 1.54) is 0 Å². The summed E-state index contributed by atoms with van der Waals surface area (Å²) in [5.41, 5.74) is 5.59. The largest absolute Gasteiger partial charge is 0.493 e. The third kappa shape index (κ3) is 10.6. The van der Waals surface area contributed by atoms with Crippen molar-refractivity contribution in [2.24, 2.45) is 0 Å². The average Bonchev–Trinajstić information content (AvgIpc) is 3.19. The number of carboxylic acid groups (broad SMARTS) is 2. The number of piperazine rings is 1. The number of carbonyl (C=O) groups is 2. The number of aliphatic carboxylic acids is 2. The molecule has 0 amide bonds. The highest BCUT2D eigenvalue weighted by Gasteiger charge is 2.27. The number of aliphatic hydroxyl groups is 1.